The first kappa shape index (κ1) is 16.6. The van der Waals surface area contributed by atoms with E-state index in [2.05, 4.69) is 28.7 Å². The van der Waals surface area contributed by atoms with Gasteiger partial charge >= 0.3 is 5.97 Å². The van der Waals surface area contributed by atoms with Gasteiger partial charge in [-0.2, -0.15) is 0 Å². The maximum atomic E-state index is 11.1. The molecule has 1 unspecified atom stereocenters. The summed E-state index contributed by atoms with van der Waals surface area (Å²) in [7, 11) is 0. The summed E-state index contributed by atoms with van der Waals surface area (Å²) < 4.78 is 0. The zero-order valence-electron chi connectivity index (χ0n) is 14.1. The second-order valence-corrected chi connectivity index (χ2v) is 6.73. The molecule has 1 aliphatic heterocycles. The van der Waals surface area contributed by atoms with Crippen LogP contribution in [0, 0.1) is 5.92 Å². The maximum absolute atomic E-state index is 11.1. The fourth-order valence-corrected chi connectivity index (χ4v) is 3.27. The van der Waals surface area contributed by atoms with E-state index in [0.29, 0.717) is 12.0 Å². The van der Waals surface area contributed by atoms with Crippen molar-refractivity contribution in [2.45, 2.75) is 32.7 Å². The molecule has 5 nitrogen and oxygen atoms in total. The summed E-state index contributed by atoms with van der Waals surface area (Å²) in [5, 5.41) is 9.13. The molecule has 1 fully saturated rings. The lowest BCUT2D eigenvalue weighted by atomic mass is 10.0. The van der Waals surface area contributed by atoms with E-state index < -0.39 is 5.97 Å². The van der Waals surface area contributed by atoms with Crippen LogP contribution < -0.4 is 0 Å². The molecule has 0 bridgehead atoms. The lowest BCUT2D eigenvalue weighted by Gasteiger charge is -2.20. The number of aromatic carboxylic acids is 1. The number of hydrogen-bond donors (Lipinski definition) is 1. The smallest absolute Gasteiger partial charge is 0.335 e. The molecule has 5 heteroatoms. The van der Waals surface area contributed by atoms with Crippen molar-refractivity contribution < 1.29 is 9.90 Å². The summed E-state index contributed by atoms with van der Waals surface area (Å²) in [6.07, 6.45) is 3.72. The van der Waals surface area contributed by atoms with Gasteiger partial charge in [0.15, 0.2) is 0 Å². The highest BCUT2D eigenvalue weighted by atomic mass is 16.4. The van der Waals surface area contributed by atoms with Crippen LogP contribution in [0.25, 0.3) is 11.3 Å². The van der Waals surface area contributed by atoms with Gasteiger partial charge in [-0.3, -0.25) is 0 Å². The van der Waals surface area contributed by atoms with Crippen LogP contribution in [-0.4, -0.2) is 45.1 Å². The predicted molar refractivity (Wildman–Crippen MR) is 92.9 cm³/mol. The Hall–Kier alpha value is -2.27. The van der Waals surface area contributed by atoms with Gasteiger partial charge < -0.3 is 10.0 Å². The molecule has 1 N–H and O–H groups in total. The van der Waals surface area contributed by atoms with Crippen molar-refractivity contribution in [1.82, 2.24) is 14.9 Å². The van der Waals surface area contributed by atoms with E-state index in [1.165, 1.54) is 6.42 Å². The van der Waals surface area contributed by atoms with Gasteiger partial charge in [-0.05, 0) is 57.4 Å². The fourth-order valence-electron chi connectivity index (χ4n) is 3.27. The molecule has 1 aromatic carbocycles. The van der Waals surface area contributed by atoms with Gasteiger partial charge in [0.05, 0.1) is 11.3 Å². The molecule has 1 atom stereocenters. The number of carbonyl (C=O) groups is 1. The highest BCUT2D eigenvalue weighted by Crippen LogP contribution is 2.24. The minimum Gasteiger partial charge on any atom is -0.478 e. The molecule has 126 valence electrons. The SMILES string of the molecule is CC(C)N1CCC(Cc2cc(-c3cccc(C(=O)O)c3)ncn2)C1. The number of hydrogen-bond acceptors (Lipinski definition) is 4. The molecule has 1 aromatic heterocycles. The number of aromatic nitrogens is 2. The molecule has 1 saturated heterocycles. The van der Waals surface area contributed by atoms with Crippen LogP contribution in [0.4, 0.5) is 0 Å². The molecule has 3 rings (SSSR count). The van der Waals surface area contributed by atoms with Crippen LogP contribution in [0.15, 0.2) is 36.7 Å². The highest BCUT2D eigenvalue weighted by Gasteiger charge is 2.24. The van der Waals surface area contributed by atoms with Gasteiger partial charge in [-0.15, -0.1) is 0 Å². The summed E-state index contributed by atoms with van der Waals surface area (Å²) in [5.41, 5.74) is 2.89. The van der Waals surface area contributed by atoms with Crippen molar-refractivity contribution in [3.63, 3.8) is 0 Å². The minimum atomic E-state index is -0.925. The first-order valence-corrected chi connectivity index (χ1v) is 8.41. The average molecular weight is 325 g/mol. The van der Waals surface area contributed by atoms with Crippen LogP contribution in [0.5, 0.6) is 0 Å². The molecule has 1 aliphatic rings. The van der Waals surface area contributed by atoms with E-state index in [1.54, 1.807) is 24.5 Å². The first-order chi connectivity index (χ1) is 11.5. The summed E-state index contributed by atoms with van der Waals surface area (Å²) in [5.74, 6) is -0.300. The Kier molecular flexibility index (Phi) is 4.90. The van der Waals surface area contributed by atoms with E-state index >= 15 is 0 Å². The van der Waals surface area contributed by atoms with Crippen molar-refractivity contribution in [2.75, 3.05) is 13.1 Å². The van der Waals surface area contributed by atoms with E-state index in [0.717, 1.165) is 36.5 Å². The lowest BCUT2D eigenvalue weighted by Crippen LogP contribution is -2.28. The number of carboxylic acids is 1. The molecular weight excluding hydrogens is 302 g/mol. The molecule has 24 heavy (non-hydrogen) atoms. The normalized spacial score (nSPS) is 18.2. The molecule has 0 radical (unpaired) electrons. The monoisotopic (exact) mass is 325 g/mol. The lowest BCUT2D eigenvalue weighted by molar-refractivity contribution is 0.0697. The van der Waals surface area contributed by atoms with Crippen molar-refractivity contribution in [1.29, 1.82) is 0 Å². The maximum Gasteiger partial charge on any atom is 0.335 e. The third-order valence-electron chi connectivity index (χ3n) is 4.67. The third-order valence-corrected chi connectivity index (χ3v) is 4.67. The van der Waals surface area contributed by atoms with Crippen LogP contribution in [0.3, 0.4) is 0 Å². The van der Waals surface area contributed by atoms with Crippen LogP contribution in [-0.2, 0) is 6.42 Å². The molecule has 0 spiro atoms. The Morgan fingerprint density at radius 3 is 2.88 bits per heavy atom. The van der Waals surface area contributed by atoms with E-state index in [4.69, 9.17) is 5.11 Å². The standard InChI is InChI=1S/C19H23N3O2/c1-13(2)22-7-6-14(11-22)8-17-10-18(21-12-20-17)15-4-3-5-16(9-15)19(23)24/h3-5,9-10,12-14H,6-8,11H2,1-2H3,(H,23,24). The van der Waals surface area contributed by atoms with Crippen molar-refractivity contribution in [2.24, 2.45) is 5.92 Å². The van der Waals surface area contributed by atoms with Crippen LogP contribution in [0.2, 0.25) is 0 Å². The van der Waals surface area contributed by atoms with Crippen LogP contribution in [0.1, 0.15) is 36.3 Å². The highest BCUT2D eigenvalue weighted by molar-refractivity contribution is 5.89. The van der Waals surface area contributed by atoms with Gasteiger partial charge in [0, 0.05) is 23.8 Å². The van der Waals surface area contributed by atoms with Crippen molar-refractivity contribution in [3.05, 3.63) is 47.9 Å². The summed E-state index contributed by atoms with van der Waals surface area (Å²) in [6.45, 7) is 6.74. The molecule has 2 heterocycles. The van der Waals surface area contributed by atoms with Crippen molar-refractivity contribution >= 4 is 5.97 Å². The van der Waals surface area contributed by atoms with Crippen molar-refractivity contribution in [3.8, 4) is 11.3 Å². The Bertz CT molecular complexity index is 730. The first-order valence-electron chi connectivity index (χ1n) is 8.41. The van der Waals surface area contributed by atoms with Gasteiger partial charge in [-0.1, -0.05) is 12.1 Å². The molecule has 0 saturated carbocycles. The van der Waals surface area contributed by atoms with E-state index in [9.17, 15) is 4.79 Å². The molecule has 0 aliphatic carbocycles. The zero-order valence-corrected chi connectivity index (χ0v) is 14.1. The number of carboxylic acid groups (broad SMARTS) is 1. The largest absolute Gasteiger partial charge is 0.478 e. The Morgan fingerprint density at radius 1 is 1.33 bits per heavy atom. The quantitative estimate of drug-likeness (QED) is 0.915. The number of benzene rings is 1. The molecular formula is C19H23N3O2. The fraction of sp³-hybridized carbons (Fsp3) is 0.421. The van der Waals surface area contributed by atoms with Gasteiger partial charge in [-0.25, -0.2) is 14.8 Å². The van der Waals surface area contributed by atoms with Crippen LogP contribution >= 0.6 is 0 Å². The minimum absolute atomic E-state index is 0.274. The van der Waals surface area contributed by atoms with E-state index in [-0.39, 0.29) is 5.56 Å². The summed E-state index contributed by atoms with van der Waals surface area (Å²) in [4.78, 5) is 22.4. The molecule has 2 aromatic rings. The second kappa shape index (κ2) is 7.09. The van der Waals surface area contributed by atoms with Gasteiger partial charge in [0.25, 0.3) is 0 Å². The number of rotatable bonds is 5. The average Bonchev–Trinajstić information content (AvgIpc) is 3.04. The summed E-state index contributed by atoms with van der Waals surface area (Å²) in [6, 6.07) is 9.46. The third kappa shape index (κ3) is 3.79. The predicted octanol–water partition coefficient (Wildman–Crippen LogP) is 3.11. The van der Waals surface area contributed by atoms with E-state index in [1.807, 2.05) is 12.1 Å². The number of likely N-dealkylation sites (tertiary alicyclic amines) is 1. The van der Waals surface area contributed by atoms with Gasteiger partial charge in [0.1, 0.15) is 6.33 Å². The Labute approximate surface area is 142 Å². The number of nitrogens with zero attached hydrogens (tertiary/aromatic N) is 3. The Balaban J connectivity index is 1.75. The molecule has 0 amide bonds. The topological polar surface area (TPSA) is 66.3 Å². The van der Waals surface area contributed by atoms with Gasteiger partial charge in [0.2, 0.25) is 0 Å². The summed E-state index contributed by atoms with van der Waals surface area (Å²) >= 11 is 0. The second-order valence-electron chi connectivity index (χ2n) is 6.73. The Morgan fingerprint density at radius 2 is 2.17 bits per heavy atom. The zero-order chi connectivity index (χ0) is 17.1.